The Morgan fingerprint density at radius 3 is 2.82 bits per heavy atom. The van der Waals surface area contributed by atoms with Gasteiger partial charge in [0.2, 0.25) is 0 Å². The SMILES string of the molecule is CCCC(O)CNC(=O)Nc1ccccc1Cl. The highest BCUT2D eigenvalue weighted by Crippen LogP contribution is 2.19. The molecule has 5 heteroatoms. The molecule has 0 spiro atoms. The molecule has 0 heterocycles. The van der Waals surface area contributed by atoms with Crippen molar-refractivity contribution in [3.63, 3.8) is 0 Å². The van der Waals surface area contributed by atoms with E-state index in [9.17, 15) is 9.90 Å². The van der Waals surface area contributed by atoms with E-state index in [1.165, 1.54) is 0 Å². The van der Waals surface area contributed by atoms with Crippen molar-refractivity contribution in [1.82, 2.24) is 5.32 Å². The lowest BCUT2D eigenvalue weighted by Gasteiger charge is -2.12. The lowest BCUT2D eigenvalue weighted by molar-refractivity contribution is 0.162. The fourth-order valence-electron chi connectivity index (χ4n) is 1.37. The number of anilines is 1. The fourth-order valence-corrected chi connectivity index (χ4v) is 1.56. The number of hydrogen-bond acceptors (Lipinski definition) is 2. The number of benzene rings is 1. The van der Waals surface area contributed by atoms with Crippen LogP contribution in [0.4, 0.5) is 10.5 Å². The lowest BCUT2D eigenvalue weighted by Crippen LogP contribution is -2.35. The molecule has 0 aliphatic carbocycles. The van der Waals surface area contributed by atoms with Crippen molar-refractivity contribution >= 4 is 23.3 Å². The summed E-state index contributed by atoms with van der Waals surface area (Å²) in [6.07, 6.45) is 1.05. The Labute approximate surface area is 106 Å². The number of carbonyl (C=O) groups excluding carboxylic acids is 1. The molecule has 0 aromatic heterocycles. The molecule has 1 unspecified atom stereocenters. The van der Waals surface area contributed by atoms with Crippen molar-refractivity contribution in [3.05, 3.63) is 29.3 Å². The quantitative estimate of drug-likeness (QED) is 0.758. The molecule has 0 radical (unpaired) electrons. The number of amides is 2. The molecule has 1 aromatic carbocycles. The maximum atomic E-state index is 11.5. The second-order valence-electron chi connectivity index (χ2n) is 3.76. The molecule has 0 bridgehead atoms. The van der Waals surface area contributed by atoms with Crippen LogP contribution in [0, 0.1) is 0 Å². The van der Waals surface area contributed by atoms with Gasteiger partial charge in [0.25, 0.3) is 0 Å². The molecule has 4 nitrogen and oxygen atoms in total. The minimum Gasteiger partial charge on any atom is -0.391 e. The zero-order valence-corrected chi connectivity index (χ0v) is 10.5. The van der Waals surface area contributed by atoms with Crippen LogP contribution in [0.25, 0.3) is 0 Å². The first kappa shape index (κ1) is 13.8. The van der Waals surface area contributed by atoms with Gasteiger partial charge in [0.1, 0.15) is 0 Å². The van der Waals surface area contributed by atoms with Gasteiger partial charge in [0, 0.05) is 6.54 Å². The summed E-state index contributed by atoms with van der Waals surface area (Å²) in [6, 6.07) is 6.62. The molecular weight excluding hydrogens is 240 g/mol. The molecule has 0 aliphatic rings. The van der Waals surface area contributed by atoms with Crippen molar-refractivity contribution in [1.29, 1.82) is 0 Å². The van der Waals surface area contributed by atoms with E-state index in [2.05, 4.69) is 10.6 Å². The van der Waals surface area contributed by atoms with E-state index in [4.69, 9.17) is 11.6 Å². The predicted octanol–water partition coefficient (Wildman–Crippen LogP) is 2.62. The third-order valence-corrected chi connectivity index (χ3v) is 2.57. The molecule has 17 heavy (non-hydrogen) atoms. The predicted molar refractivity (Wildman–Crippen MR) is 69.4 cm³/mol. The second-order valence-corrected chi connectivity index (χ2v) is 4.16. The minimum absolute atomic E-state index is 0.240. The van der Waals surface area contributed by atoms with Gasteiger partial charge in [-0.05, 0) is 18.6 Å². The Morgan fingerprint density at radius 1 is 1.47 bits per heavy atom. The fraction of sp³-hybridized carbons (Fsp3) is 0.417. The molecule has 0 aliphatic heterocycles. The van der Waals surface area contributed by atoms with Crippen LogP contribution in [0.1, 0.15) is 19.8 Å². The summed E-state index contributed by atoms with van der Waals surface area (Å²) in [6.45, 7) is 2.22. The van der Waals surface area contributed by atoms with Crippen molar-refractivity contribution in [3.8, 4) is 0 Å². The first-order valence-corrected chi connectivity index (χ1v) is 5.98. The Bertz CT molecular complexity index is 371. The first-order valence-electron chi connectivity index (χ1n) is 5.61. The van der Waals surface area contributed by atoms with E-state index >= 15 is 0 Å². The summed E-state index contributed by atoms with van der Waals surface area (Å²) < 4.78 is 0. The van der Waals surface area contributed by atoms with E-state index in [-0.39, 0.29) is 12.6 Å². The maximum Gasteiger partial charge on any atom is 0.319 e. The number of urea groups is 1. The Hall–Kier alpha value is -1.26. The van der Waals surface area contributed by atoms with Gasteiger partial charge in [0.05, 0.1) is 16.8 Å². The van der Waals surface area contributed by atoms with Crippen LogP contribution in [0.2, 0.25) is 5.02 Å². The number of aliphatic hydroxyl groups excluding tert-OH is 1. The average Bonchev–Trinajstić information content (AvgIpc) is 2.30. The van der Waals surface area contributed by atoms with Gasteiger partial charge in [-0.3, -0.25) is 0 Å². The topological polar surface area (TPSA) is 61.4 Å². The van der Waals surface area contributed by atoms with E-state index in [0.29, 0.717) is 17.1 Å². The van der Waals surface area contributed by atoms with E-state index < -0.39 is 6.10 Å². The summed E-state index contributed by atoms with van der Waals surface area (Å²) >= 11 is 5.89. The third-order valence-electron chi connectivity index (χ3n) is 2.24. The Balaban J connectivity index is 2.37. The summed E-state index contributed by atoms with van der Waals surface area (Å²) in [5.41, 5.74) is 0.552. The van der Waals surface area contributed by atoms with Crippen LogP contribution in [0.15, 0.2) is 24.3 Å². The van der Waals surface area contributed by atoms with E-state index in [0.717, 1.165) is 6.42 Å². The molecule has 2 amide bonds. The van der Waals surface area contributed by atoms with E-state index in [1.807, 2.05) is 6.92 Å². The lowest BCUT2D eigenvalue weighted by atomic mass is 10.2. The largest absolute Gasteiger partial charge is 0.391 e. The van der Waals surface area contributed by atoms with Crippen LogP contribution >= 0.6 is 11.6 Å². The minimum atomic E-state index is -0.503. The molecule has 0 fully saturated rings. The summed E-state index contributed by atoms with van der Waals surface area (Å²) in [5.74, 6) is 0. The third kappa shape index (κ3) is 5.06. The highest BCUT2D eigenvalue weighted by molar-refractivity contribution is 6.33. The van der Waals surface area contributed by atoms with Gasteiger partial charge in [0.15, 0.2) is 0 Å². The van der Waals surface area contributed by atoms with Crippen LogP contribution in [0.5, 0.6) is 0 Å². The number of para-hydroxylation sites is 1. The number of hydrogen-bond donors (Lipinski definition) is 3. The maximum absolute atomic E-state index is 11.5. The Kier molecular flexibility index (Phi) is 5.80. The van der Waals surface area contributed by atoms with Crippen LogP contribution in [-0.4, -0.2) is 23.8 Å². The van der Waals surface area contributed by atoms with Gasteiger partial charge >= 0.3 is 6.03 Å². The van der Waals surface area contributed by atoms with Gasteiger partial charge in [-0.25, -0.2) is 4.79 Å². The molecule has 3 N–H and O–H groups in total. The molecule has 0 saturated heterocycles. The average molecular weight is 257 g/mol. The normalized spacial score (nSPS) is 11.9. The zero-order valence-electron chi connectivity index (χ0n) is 9.74. The summed E-state index contributed by atoms with van der Waals surface area (Å²) in [7, 11) is 0. The molecule has 0 saturated carbocycles. The standard InChI is InChI=1S/C12H17ClN2O2/c1-2-5-9(16)8-14-12(17)15-11-7-4-3-6-10(11)13/h3-4,6-7,9,16H,2,5,8H2,1H3,(H2,14,15,17). The van der Waals surface area contributed by atoms with Gasteiger partial charge < -0.3 is 15.7 Å². The number of nitrogens with one attached hydrogen (secondary N) is 2. The van der Waals surface area contributed by atoms with Crippen molar-refractivity contribution in [2.45, 2.75) is 25.9 Å². The smallest absolute Gasteiger partial charge is 0.319 e. The number of carbonyl (C=O) groups is 1. The van der Waals surface area contributed by atoms with Crippen molar-refractivity contribution in [2.75, 3.05) is 11.9 Å². The van der Waals surface area contributed by atoms with Gasteiger partial charge in [-0.15, -0.1) is 0 Å². The van der Waals surface area contributed by atoms with Crippen LogP contribution < -0.4 is 10.6 Å². The molecule has 94 valence electrons. The highest BCUT2D eigenvalue weighted by atomic mass is 35.5. The molecule has 1 atom stereocenters. The number of rotatable bonds is 5. The number of aliphatic hydroxyl groups is 1. The second kappa shape index (κ2) is 7.14. The highest BCUT2D eigenvalue weighted by Gasteiger charge is 2.07. The van der Waals surface area contributed by atoms with Crippen LogP contribution in [0.3, 0.4) is 0 Å². The van der Waals surface area contributed by atoms with Crippen molar-refractivity contribution < 1.29 is 9.90 Å². The Morgan fingerprint density at radius 2 is 2.18 bits per heavy atom. The van der Waals surface area contributed by atoms with E-state index in [1.54, 1.807) is 24.3 Å². The number of halogens is 1. The van der Waals surface area contributed by atoms with Gasteiger partial charge in [-0.2, -0.15) is 0 Å². The molecule has 1 rings (SSSR count). The van der Waals surface area contributed by atoms with Gasteiger partial charge in [-0.1, -0.05) is 37.1 Å². The van der Waals surface area contributed by atoms with Crippen LogP contribution in [-0.2, 0) is 0 Å². The summed E-state index contributed by atoms with van der Waals surface area (Å²) in [5, 5.41) is 15.1. The summed E-state index contributed by atoms with van der Waals surface area (Å²) in [4.78, 5) is 11.5. The monoisotopic (exact) mass is 256 g/mol. The zero-order chi connectivity index (χ0) is 12.7. The molecule has 1 aromatic rings. The molecular formula is C12H17ClN2O2. The van der Waals surface area contributed by atoms with Crippen molar-refractivity contribution in [2.24, 2.45) is 0 Å². The first-order chi connectivity index (χ1) is 8.13.